The number of hydrogen-bond acceptors (Lipinski definition) is 11. The molecule has 1 saturated heterocycles. The number of methoxy groups -OCH3 is 1. The van der Waals surface area contributed by atoms with Crippen LogP contribution in [0.4, 0.5) is 13.2 Å². The number of nitrogens with zero attached hydrogens (tertiary/aromatic N) is 4. The van der Waals surface area contributed by atoms with Crippen molar-refractivity contribution in [3.05, 3.63) is 196 Å². The summed E-state index contributed by atoms with van der Waals surface area (Å²) in [5.41, 5.74) is 4.90. The van der Waals surface area contributed by atoms with Gasteiger partial charge in [0.1, 0.15) is 17.2 Å². The molecule has 102 heavy (non-hydrogen) atoms. The third-order valence-electron chi connectivity index (χ3n) is 16.7. The monoisotopic (exact) mass is 1410 g/mol. The average Bonchev–Trinajstić information content (AvgIpc) is 1.64. The molecule has 3 atom stereocenters. The second kappa shape index (κ2) is 41.3. The molecule has 3 amide bonds. The van der Waals surface area contributed by atoms with Gasteiger partial charge in [-0.1, -0.05) is 84.5 Å². The second-order valence-corrected chi connectivity index (χ2v) is 25.9. The van der Waals surface area contributed by atoms with Gasteiger partial charge < -0.3 is 53.9 Å². The van der Waals surface area contributed by atoms with E-state index >= 15 is 0 Å². The zero-order valence-corrected chi connectivity index (χ0v) is 59.7. The second-order valence-electron chi connectivity index (χ2n) is 25.9. The number of unbranched alkanes of at least 4 members (excludes halogenated alkanes) is 6. The maximum Gasteiger partial charge on any atom is 0.458 e. The Labute approximate surface area is 603 Å². The number of carbonyl (C=O) groups is 6. The van der Waals surface area contributed by atoms with Gasteiger partial charge in [0.2, 0.25) is 0 Å². The van der Waals surface area contributed by atoms with Crippen LogP contribution >= 0.6 is 0 Å². The van der Waals surface area contributed by atoms with Crippen molar-refractivity contribution in [2.75, 3.05) is 47.1 Å². The minimum Gasteiger partial charge on any atom is -0.493 e. The van der Waals surface area contributed by atoms with Crippen LogP contribution in [0, 0.1) is 29.6 Å². The maximum absolute atomic E-state index is 13.4. The molecule has 546 valence electrons. The summed E-state index contributed by atoms with van der Waals surface area (Å²) in [6, 6.07) is 41.1. The number of aliphatic carboxylic acids is 3. The number of amides is 3. The molecule has 1 aliphatic carbocycles. The van der Waals surface area contributed by atoms with E-state index in [1.807, 2.05) is 119 Å². The average molecular weight is 1410 g/mol. The summed E-state index contributed by atoms with van der Waals surface area (Å²) in [5, 5.41) is 26.2. The molecule has 2 fully saturated rings. The highest BCUT2D eigenvalue weighted by Gasteiger charge is 2.44. The lowest BCUT2D eigenvalue weighted by Gasteiger charge is -2.32. The van der Waals surface area contributed by atoms with Gasteiger partial charge in [0.05, 0.1) is 29.5 Å². The number of ether oxygens (including phenoxy) is 4. The van der Waals surface area contributed by atoms with Crippen LogP contribution in [0.2, 0.25) is 0 Å². The van der Waals surface area contributed by atoms with Crippen LogP contribution in [0.5, 0.6) is 17.2 Å². The van der Waals surface area contributed by atoms with Crippen LogP contribution in [-0.4, -0.2) is 142 Å². The quantitative estimate of drug-likeness (QED) is 0.0250. The number of carboxylic acids is 3. The van der Waals surface area contributed by atoms with Gasteiger partial charge in [0, 0.05) is 133 Å². The zero-order valence-electron chi connectivity index (χ0n) is 62.7. The first-order chi connectivity index (χ1) is 50.0. The van der Waals surface area contributed by atoms with Gasteiger partial charge >= 0.3 is 24.1 Å². The summed E-state index contributed by atoms with van der Waals surface area (Å²) in [6.07, 6.45) is 3.88. The van der Waals surface area contributed by atoms with E-state index in [1.165, 1.54) is 35.1 Å². The van der Waals surface area contributed by atoms with Crippen molar-refractivity contribution < 1.29 is 80.3 Å². The Bertz CT molecular complexity index is 3920. The predicted molar refractivity (Wildman–Crippen MR) is 387 cm³/mol. The third kappa shape index (κ3) is 27.7. The molecule has 0 radical (unpaired) electrons. The molecule has 3 unspecified atom stereocenters. The summed E-state index contributed by atoms with van der Waals surface area (Å²) >= 11 is 0. The van der Waals surface area contributed by atoms with Crippen molar-refractivity contribution in [2.45, 2.75) is 181 Å². The van der Waals surface area contributed by atoms with E-state index in [0.29, 0.717) is 103 Å². The summed E-state index contributed by atoms with van der Waals surface area (Å²) in [5.74, 6) is 8.41. The number of para-hydroxylation sites is 3. The number of halogens is 3. The summed E-state index contributed by atoms with van der Waals surface area (Å²) in [4.78, 5) is 78.7. The van der Waals surface area contributed by atoms with Crippen LogP contribution in [0.25, 0.3) is 0 Å². The Kier molecular flexibility index (Phi) is 31.0. The Morgan fingerprint density at radius 3 is 1.12 bits per heavy atom. The number of alkyl halides is 3. The molecule has 2 aliphatic rings. The number of carboxylic acid groups (broad SMARTS) is 3. The first kappa shape index (κ1) is 76.5. The van der Waals surface area contributed by atoms with E-state index < -0.39 is 49.6 Å². The Morgan fingerprint density at radius 2 is 0.824 bits per heavy atom. The van der Waals surface area contributed by atoms with E-state index in [1.54, 1.807) is 67.2 Å². The van der Waals surface area contributed by atoms with Gasteiger partial charge in [-0.05, 0) is 204 Å². The topological polar surface area (TPSA) is 213 Å². The lowest BCUT2D eigenvalue weighted by atomic mass is 10.0. The van der Waals surface area contributed by atoms with Crippen LogP contribution in [0.3, 0.4) is 0 Å². The molecule has 0 bridgehead atoms. The van der Waals surface area contributed by atoms with Crippen LogP contribution < -0.4 is 14.2 Å². The Morgan fingerprint density at radius 1 is 0.500 bits per heavy atom. The van der Waals surface area contributed by atoms with E-state index in [9.17, 15) is 41.9 Å². The first-order valence-electron chi connectivity index (χ1n) is 36.5. The smallest absolute Gasteiger partial charge is 0.458 e. The highest BCUT2D eigenvalue weighted by atomic mass is 19.4. The van der Waals surface area contributed by atoms with Crippen molar-refractivity contribution in [3.63, 3.8) is 0 Å². The van der Waals surface area contributed by atoms with Crippen LogP contribution in [-0.2, 0) is 44.3 Å². The minimum absolute atomic E-state index is 0.104. The van der Waals surface area contributed by atoms with Crippen molar-refractivity contribution >= 4 is 35.6 Å². The number of carbonyl (C=O) groups excluding carboxylic acids is 3. The van der Waals surface area contributed by atoms with Crippen molar-refractivity contribution in [1.82, 2.24) is 19.6 Å². The maximum atomic E-state index is 13.4. The molecular formula is C82H99F3N4O13. The predicted octanol–water partition coefficient (Wildman–Crippen LogP) is 15.7. The molecule has 8 rings (SSSR count). The fourth-order valence-corrected chi connectivity index (χ4v) is 10.7. The van der Waals surface area contributed by atoms with E-state index in [2.05, 4.69) is 23.8 Å². The van der Waals surface area contributed by atoms with Gasteiger partial charge in [-0.2, -0.15) is 13.2 Å². The molecular weight excluding hydrogens is 1310 g/mol. The number of hydrogen-bond donors (Lipinski definition) is 3. The zero-order chi connectivity index (χ0) is 76.8. The van der Waals surface area contributed by atoms with E-state index in [-0.39, 0.29) is 65.9 Å². The number of rotatable bonds is 35. The fourth-order valence-electron chi connectivity index (χ4n) is 10.7. The number of benzene rings is 6. The molecule has 17 nitrogen and oxygen atoms in total. The molecule has 1 saturated carbocycles. The summed E-state index contributed by atoms with van der Waals surface area (Å²) in [6.45, 7) is 11.4. The van der Waals surface area contributed by atoms with Gasteiger partial charge in [-0.25, -0.2) is 0 Å². The largest absolute Gasteiger partial charge is 0.493 e. The van der Waals surface area contributed by atoms with Crippen molar-refractivity contribution in [2.24, 2.45) is 5.92 Å². The Hall–Kier alpha value is -9.63. The van der Waals surface area contributed by atoms with Crippen LogP contribution in [0.15, 0.2) is 146 Å². The fraction of sp³-hybridized carbons (Fsp3) is 0.439. The molecule has 0 aromatic heterocycles. The first-order valence-corrected chi connectivity index (χ1v) is 34.8. The standard InChI is InChI=1S/C29H36N2O4.C27H35NO5.C26H28F3NO4/c1-22(2)31(21-26-9-6-7-10-27(26)35-18-8-4-5-11-28(32)33)29(34)25-16-14-23(15-17-25)12-13-24-19-30(3)20-24;1-20(2)28(26(31)21-12-14-23(15-13-21)27(32-3)16-17-27)19-22-9-6-7-10-24(22)33-18-8-4-5-11-25(29)30;1-19(2)30(25(33)21-13-11-20(12-14-21)15-16-26(27,28)29)18-22-8-5-6-9-23(22)34-17-7-3-4-10-24(31)32/h6-7,9-10,14-17,22,24H,4-5,8,11,18-21H2,1-3H3,(H,32,33);6-7,9-10,12-15,20H,4-5,8,11,16-19H2,1-3H3,(H,29,30);5-6,8-9,11-14,19H,3-4,7,10,17-18H2,1-2H3,(H,31,32)/i21D;19D;18D. The lowest BCUT2D eigenvalue weighted by Crippen LogP contribution is -2.42. The Balaban J connectivity index is 0.000000247. The normalized spacial score (nSPS) is 14.3. The molecule has 20 heteroatoms. The van der Waals surface area contributed by atoms with E-state index in [0.717, 1.165) is 62.7 Å². The van der Waals surface area contributed by atoms with Gasteiger partial charge in [0.25, 0.3) is 17.7 Å². The SMILES string of the molecule is [2H]C(c1ccccc1OCCCCCC(=O)O)N(C(=O)c1ccc(C#CC(F)(F)F)cc1)C(C)C.[2H]C(c1ccccc1OCCCCCC(=O)O)N(C(=O)c1ccc(C#CC2CN(C)C2)cc1)C(C)C.[2H]C(c1ccccc1OCCCCCC(=O)O)N(C(=O)c1ccc(C2(OC)CC2)cc1)C(C)C. The lowest BCUT2D eigenvalue weighted by molar-refractivity contribution is -0.138. The molecule has 1 aliphatic heterocycles. The molecule has 0 spiro atoms. The number of likely N-dealkylation sites (tertiary alicyclic amines) is 1. The highest BCUT2D eigenvalue weighted by Crippen LogP contribution is 2.48. The van der Waals surface area contributed by atoms with Gasteiger partial charge in [-0.3, -0.25) is 28.8 Å². The van der Waals surface area contributed by atoms with Crippen molar-refractivity contribution in [1.29, 1.82) is 0 Å². The molecule has 3 N–H and O–H groups in total. The summed E-state index contributed by atoms with van der Waals surface area (Å²) < 4.78 is 86.9. The van der Waals surface area contributed by atoms with Gasteiger partial charge in [0.15, 0.2) is 0 Å². The van der Waals surface area contributed by atoms with E-state index in [4.69, 9.17) is 38.4 Å². The van der Waals surface area contributed by atoms with Gasteiger partial charge in [-0.15, -0.1) is 0 Å². The molecule has 6 aromatic rings. The van der Waals surface area contributed by atoms with Crippen LogP contribution in [0.1, 0.15) is 200 Å². The minimum atomic E-state index is -4.60. The third-order valence-corrected chi connectivity index (χ3v) is 16.7. The molecule has 6 aromatic carbocycles. The summed E-state index contributed by atoms with van der Waals surface area (Å²) in [7, 11) is 3.79. The highest BCUT2D eigenvalue weighted by molar-refractivity contribution is 5.96. The molecule has 1 heterocycles. The van der Waals surface area contributed by atoms with Crippen molar-refractivity contribution in [3.8, 4) is 40.9 Å².